The molecule has 0 amide bonds. The van der Waals surface area contributed by atoms with Crippen LogP contribution in [-0.2, 0) is 0 Å². The highest BCUT2D eigenvalue weighted by molar-refractivity contribution is 5.22. The van der Waals surface area contributed by atoms with Crippen molar-refractivity contribution in [3.8, 4) is 0 Å². The molecule has 1 aromatic carbocycles. The fourth-order valence-electron chi connectivity index (χ4n) is 0.949. The van der Waals surface area contributed by atoms with Crippen molar-refractivity contribution < 1.29 is 17.6 Å². The highest BCUT2D eigenvalue weighted by atomic mass is 19.2. The third kappa shape index (κ3) is 1.99. The van der Waals surface area contributed by atoms with Crippen LogP contribution in [-0.4, -0.2) is 6.67 Å². The molecule has 1 atom stereocenters. The van der Waals surface area contributed by atoms with Crippen LogP contribution in [0.3, 0.4) is 0 Å². The summed E-state index contributed by atoms with van der Waals surface area (Å²) in [5.41, 5.74) is 0.124. The van der Waals surface area contributed by atoms with Crippen LogP contribution in [0.2, 0.25) is 0 Å². The number of hydrogen-bond donors (Lipinski definition) is 0. The van der Waals surface area contributed by atoms with Crippen LogP contribution in [0.4, 0.5) is 17.6 Å². The Morgan fingerprint density at radius 3 is 2.00 bits per heavy atom. The van der Waals surface area contributed by atoms with Gasteiger partial charge in [-0.25, -0.2) is 13.2 Å². The van der Waals surface area contributed by atoms with Gasteiger partial charge in [-0.2, -0.15) is 0 Å². The van der Waals surface area contributed by atoms with E-state index in [-0.39, 0.29) is 5.56 Å². The average Bonchev–Trinajstić information content (AvgIpc) is 2.12. The average molecular weight is 192 g/mol. The Bertz CT molecular complexity index is 285. The van der Waals surface area contributed by atoms with Crippen LogP contribution in [0.15, 0.2) is 12.1 Å². The Hall–Kier alpha value is -1.06. The highest BCUT2D eigenvalue weighted by Gasteiger charge is 2.13. The fourth-order valence-corrected chi connectivity index (χ4v) is 0.949. The van der Waals surface area contributed by atoms with Gasteiger partial charge in [-0.1, -0.05) is 6.92 Å². The molecular weight excluding hydrogens is 184 g/mol. The van der Waals surface area contributed by atoms with Gasteiger partial charge in [0, 0.05) is 5.92 Å². The molecule has 1 aromatic rings. The van der Waals surface area contributed by atoms with Crippen LogP contribution in [0, 0.1) is 17.5 Å². The minimum atomic E-state index is -1.52. The number of halogens is 4. The predicted molar refractivity (Wildman–Crippen MR) is 40.7 cm³/mol. The maximum atomic E-state index is 12.6. The van der Waals surface area contributed by atoms with Crippen molar-refractivity contribution in [2.75, 3.05) is 6.67 Å². The van der Waals surface area contributed by atoms with Crippen LogP contribution in [0.5, 0.6) is 0 Å². The summed E-state index contributed by atoms with van der Waals surface area (Å²) in [4.78, 5) is 0. The van der Waals surface area contributed by atoms with Crippen molar-refractivity contribution in [2.24, 2.45) is 0 Å². The molecule has 0 saturated carbocycles. The van der Waals surface area contributed by atoms with Gasteiger partial charge in [-0.05, 0) is 17.7 Å². The second kappa shape index (κ2) is 3.77. The van der Waals surface area contributed by atoms with E-state index in [0.29, 0.717) is 0 Å². The third-order valence-corrected chi connectivity index (χ3v) is 1.81. The summed E-state index contributed by atoms with van der Waals surface area (Å²) in [6, 6.07) is 1.62. The van der Waals surface area contributed by atoms with Gasteiger partial charge in [0.05, 0.1) is 6.67 Å². The molecule has 1 rings (SSSR count). The van der Waals surface area contributed by atoms with E-state index in [4.69, 9.17) is 0 Å². The van der Waals surface area contributed by atoms with Gasteiger partial charge in [0.25, 0.3) is 0 Å². The molecule has 0 saturated heterocycles. The lowest BCUT2D eigenvalue weighted by atomic mass is 10.0. The quantitative estimate of drug-likeness (QED) is 0.498. The Morgan fingerprint density at radius 1 is 1.15 bits per heavy atom. The molecule has 0 fully saturated rings. The standard InChI is InChI=1S/C9H8F4/c1-5(4-10)6-2-7(11)9(13)8(12)3-6/h2-3,5H,4H2,1H3. The summed E-state index contributed by atoms with van der Waals surface area (Å²) in [6.07, 6.45) is 0. The minimum Gasteiger partial charge on any atom is -0.250 e. The Morgan fingerprint density at radius 2 is 1.62 bits per heavy atom. The maximum absolute atomic E-state index is 12.6. The van der Waals surface area contributed by atoms with E-state index in [9.17, 15) is 17.6 Å². The Labute approximate surface area is 73.2 Å². The van der Waals surface area contributed by atoms with Gasteiger partial charge < -0.3 is 0 Å². The number of hydrogen-bond acceptors (Lipinski definition) is 0. The number of benzene rings is 1. The lowest BCUT2D eigenvalue weighted by molar-refractivity contribution is 0.427. The van der Waals surface area contributed by atoms with Crippen molar-refractivity contribution in [2.45, 2.75) is 12.8 Å². The molecule has 13 heavy (non-hydrogen) atoms. The van der Waals surface area contributed by atoms with E-state index in [2.05, 4.69) is 0 Å². The van der Waals surface area contributed by atoms with Gasteiger partial charge >= 0.3 is 0 Å². The normalized spacial score (nSPS) is 13.0. The Kier molecular flexibility index (Phi) is 2.90. The second-order valence-corrected chi connectivity index (χ2v) is 2.85. The van der Waals surface area contributed by atoms with Crippen LogP contribution in [0.25, 0.3) is 0 Å². The monoisotopic (exact) mass is 192 g/mol. The molecule has 0 aliphatic carbocycles. The zero-order valence-electron chi connectivity index (χ0n) is 6.95. The zero-order chi connectivity index (χ0) is 10.0. The van der Waals surface area contributed by atoms with Crippen molar-refractivity contribution in [3.63, 3.8) is 0 Å². The largest absolute Gasteiger partial charge is 0.250 e. The maximum Gasteiger partial charge on any atom is 0.194 e. The molecule has 4 heteroatoms. The summed E-state index contributed by atoms with van der Waals surface area (Å²) in [7, 11) is 0. The van der Waals surface area contributed by atoms with E-state index in [1.807, 2.05) is 0 Å². The first-order valence-corrected chi connectivity index (χ1v) is 3.76. The van der Waals surface area contributed by atoms with Crippen LogP contribution in [0.1, 0.15) is 18.4 Å². The summed E-state index contributed by atoms with van der Waals surface area (Å²) in [5.74, 6) is -4.70. The third-order valence-electron chi connectivity index (χ3n) is 1.81. The summed E-state index contributed by atoms with van der Waals surface area (Å²) < 4.78 is 49.7. The van der Waals surface area contributed by atoms with Gasteiger partial charge in [0.2, 0.25) is 0 Å². The van der Waals surface area contributed by atoms with Crippen molar-refractivity contribution in [3.05, 3.63) is 35.1 Å². The molecule has 0 bridgehead atoms. The fraction of sp³-hybridized carbons (Fsp3) is 0.333. The smallest absolute Gasteiger partial charge is 0.194 e. The van der Waals surface area contributed by atoms with Crippen molar-refractivity contribution >= 4 is 0 Å². The van der Waals surface area contributed by atoms with Crippen LogP contribution < -0.4 is 0 Å². The van der Waals surface area contributed by atoms with Gasteiger partial charge in [0.15, 0.2) is 17.5 Å². The highest BCUT2D eigenvalue weighted by Crippen LogP contribution is 2.20. The van der Waals surface area contributed by atoms with Gasteiger partial charge in [-0.15, -0.1) is 0 Å². The molecule has 0 heterocycles. The molecule has 0 spiro atoms. The number of rotatable bonds is 2. The first-order chi connectivity index (χ1) is 6.06. The zero-order valence-corrected chi connectivity index (χ0v) is 6.95. The summed E-state index contributed by atoms with van der Waals surface area (Å²) in [6.45, 7) is 0.733. The lowest BCUT2D eigenvalue weighted by Crippen LogP contribution is -2.00. The SMILES string of the molecule is CC(CF)c1cc(F)c(F)c(F)c1. The molecule has 0 nitrogen and oxygen atoms in total. The molecular formula is C9H8F4. The predicted octanol–water partition coefficient (Wildman–Crippen LogP) is 3.18. The van der Waals surface area contributed by atoms with Crippen molar-refractivity contribution in [1.82, 2.24) is 0 Å². The van der Waals surface area contributed by atoms with E-state index < -0.39 is 30.0 Å². The minimum absolute atomic E-state index is 0.124. The summed E-state index contributed by atoms with van der Waals surface area (Å²) in [5, 5.41) is 0. The lowest BCUT2D eigenvalue weighted by Gasteiger charge is -2.07. The van der Waals surface area contributed by atoms with E-state index in [0.717, 1.165) is 12.1 Å². The molecule has 0 aliphatic rings. The molecule has 0 aromatic heterocycles. The topological polar surface area (TPSA) is 0 Å². The van der Waals surface area contributed by atoms with E-state index in [1.165, 1.54) is 6.92 Å². The molecule has 0 radical (unpaired) electrons. The Balaban J connectivity index is 3.13. The first kappa shape index (κ1) is 10.0. The first-order valence-electron chi connectivity index (χ1n) is 3.76. The van der Waals surface area contributed by atoms with Crippen molar-refractivity contribution in [1.29, 1.82) is 0 Å². The molecule has 72 valence electrons. The second-order valence-electron chi connectivity index (χ2n) is 2.85. The molecule has 0 N–H and O–H groups in total. The number of alkyl halides is 1. The van der Waals surface area contributed by atoms with E-state index >= 15 is 0 Å². The van der Waals surface area contributed by atoms with E-state index in [1.54, 1.807) is 0 Å². The molecule has 1 unspecified atom stereocenters. The summed E-state index contributed by atoms with van der Waals surface area (Å²) >= 11 is 0. The molecule has 0 aliphatic heterocycles. The van der Waals surface area contributed by atoms with Gasteiger partial charge in [0.1, 0.15) is 0 Å². The van der Waals surface area contributed by atoms with Crippen LogP contribution >= 0.6 is 0 Å². The van der Waals surface area contributed by atoms with Gasteiger partial charge in [-0.3, -0.25) is 4.39 Å².